The maximum absolute atomic E-state index is 5.81. The van der Waals surface area contributed by atoms with Crippen molar-refractivity contribution < 1.29 is 0 Å². The average Bonchev–Trinajstić information content (AvgIpc) is 2.48. The highest BCUT2D eigenvalue weighted by Gasteiger charge is 2.13. The number of fused-ring (bicyclic) bond motifs is 1. The summed E-state index contributed by atoms with van der Waals surface area (Å²) in [5.41, 5.74) is 9.59. The fraction of sp³-hybridized carbons (Fsp3) is 0.273. The Morgan fingerprint density at radius 3 is 2.62 bits per heavy atom. The highest BCUT2D eigenvalue weighted by atomic mass is 14.8. The molecule has 0 aromatic heterocycles. The van der Waals surface area contributed by atoms with Crippen molar-refractivity contribution in [2.45, 2.75) is 19.8 Å². The number of nitrogens with two attached hydrogens (primary N) is 1. The first-order valence-corrected chi connectivity index (χ1v) is 4.55. The molecule has 0 radical (unpaired) electrons. The minimum atomic E-state index is 0.555. The van der Waals surface area contributed by atoms with Gasteiger partial charge in [-0.2, -0.15) is 0 Å². The second-order valence-corrected chi connectivity index (χ2v) is 3.66. The molecule has 13 heavy (non-hydrogen) atoms. The van der Waals surface area contributed by atoms with Gasteiger partial charge in [-0.15, -0.1) is 0 Å². The molecule has 0 unspecified atom stereocenters. The van der Waals surface area contributed by atoms with E-state index in [1.165, 1.54) is 11.1 Å². The number of aromatic amines is 1. The largest absolute Gasteiger partial charge is 0.385 e. The van der Waals surface area contributed by atoms with Crippen LogP contribution in [-0.4, -0.2) is 4.98 Å². The summed E-state index contributed by atoms with van der Waals surface area (Å²) >= 11 is 0. The predicted molar refractivity (Wildman–Crippen MR) is 55.9 cm³/mol. The molecule has 0 fully saturated rings. The molecule has 0 saturated carbocycles. The molecule has 0 amide bonds. The molecule has 2 heteroatoms. The van der Waals surface area contributed by atoms with Crippen LogP contribution in [0.3, 0.4) is 0 Å². The van der Waals surface area contributed by atoms with Gasteiger partial charge in [0.2, 0.25) is 0 Å². The zero-order valence-electron chi connectivity index (χ0n) is 7.96. The van der Waals surface area contributed by atoms with Gasteiger partial charge >= 0.3 is 0 Å². The lowest BCUT2D eigenvalue weighted by Gasteiger charge is -2.08. The second kappa shape index (κ2) is 2.80. The zero-order chi connectivity index (χ0) is 9.42. The first-order valence-electron chi connectivity index (χ1n) is 4.55. The molecular weight excluding hydrogens is 160 g/mol. The predicted octanol–water partition coefficient (Wildman–Crippen LogP) is 2.83. The third kappa shape index (κ3) is 1.18. The molecule has 3 N–H and O–H groups in total. The van der Waals surface area contributed by atoms with Crippen LogP contribution in [0.15, 0.2) is 24.4 Å². The van der Waals surface area contributed by atoms with Crippen LogP contribution in [0.2, 0.25) is 0 Å². The Hall–Kier alpha value is -1.44. The van der Waals surface area contributed by atoms with E-state index in [1.807, 2.05) is 6.20 Å². The highest BCUT2D eigenvalue weighted by Crippen LogP contribution is 2.35. The number of nitrogens with one attached hydrogen (secondary N) is 1. The van der Waals surface area contributed by atoms with Crippen molar-refractivity contribution in [2.75, 3.05) is 5.73 Å². The van der Waals surface area contributed by atoms with E-state index in [0.717, 1.165) is 11.4 Å². The molecule has 1 heterocycles. The summed E-state index contributed by atoms with van der Waals surface area (Å²) in [6, 6.07) is 6.32. The van der Waals surface area contributed by atoms with Crippen molar-refractivity contribution in [3.8, 4) is 11.1 Å². The van der Waals surface area contributed by atoms with Gasteiger partial charge in [-0.1, -0.05) is 26.0 Å². The molecule has 2 rings (SSSR count). The number of aromatic nitrogens is 1. The molecule has 1 aliphatic heterocycles. The summed E-state index contributed by atoms with van der Waals surface area (Å²) < 4.78 is 0. The van der Waals surface area contributed by atoms with E-state index in [1.54, 1.807) is 0 Å². The normalized spacial score (nSPS) is 11.3. The number of H-pyrrole nitrogens is 1. The van der Waals surface area contributed by atoms with Crippen molar-refractivity contribution in [1.82, 2.24) is 4.98 Å². The van der Waals surface area contributed by atoms with E-state index in [2.05, 4.69) is 37.0 Å². The first-order chi connectivity index (χ1) is 6.20. The van der Waals surface area contributed by atoms with Crippen LogP contribution in [0.4, 0.5) is 5.82 Å². The van der Waals surface area contributed by atoms with Crippen LogP contribution >= 0.6 is 0 Å². The molecule has 0 aromatic carbocycles. The van der Waals surface area contributed by atoms with Crippen molar-refractivity contribution in [3.63, 3.8) is 0 Å². The molecule has 68 valence electrons. The SMILES string of the molecule is CC(C)c1ccc2c(N)[nH]ccc1-2. The topological polar surface area (TPSA) is 41.8 Å². The van der Waals surface area contributed by atoms with Crippen molar-refractivity contribution in [1.29, 1.82) is 0 Å². The van der Waals surface area contributed by atoms with E-state index < -0.39 is 0 Å². The van der Waals surface area contributed by atoms with Gasteiger partial charge in [0, 0.05) is 11.8 Å². The van der Waals surface area contributed by atoms with Gasteiger partial charge in [-0.05, 0) is 23.1 Å². The number of hydrogen-bond acceptors (Lipinski definition) is 1. The highest BCUT2D eigenvalue weighted by molar-refractivity contribution is 5.79. The molecule has 2 nitrogen and oxygen atoms in total. The van der Waals surface area contributed by atoms with Crippen LogP contribution in [0.5, 0.6) is 0 Å². The summed E-state index contributed by atoms with van der Waals surface area (Å²) in [6.45, 7) is 4.39. The van der Waals surface area contributed by atoms with Gasteiger partial charge in [0.15, 0.2) is 0 Å². The Balaban J connectivity index is 2.64. The van der Waals surface area contributed by atoms with Gasteiger partial charge in [0.25, 0.3) is 0 Å². The standard InChI is InChI=1S/C11H14N2/c1-7(2)8-3-4-10-9(8)5-6-13-11(10)12/h3-7,13H,12H2,1-2H3. The number of nitrogen functional groups attached to an aromatic ring is 1. The minimum Gasteiger partial charge on any atom is -0.385 e. The summed E-state index contributed by atoms with van der Waals surface area (Å²) in [5.74, 6) is 1.31. The third-order valence-electron chi connectivity index (χ3n) is 2.43. The number of hydrogen-bond donors (Lipinski definition) is 2. The quantitative estimate of drug-likeness (QED) is 0.685. The lowest BCUT2D eigenvalue weighted by Crippen LogP contribution is -1.94. The Bertz CT molecular complexity index is 387. The summed E-state index contributed by atoms with van der Waals surface area (Å²) in [6.07, 6.45) is 1.89. The van der Waals surface area contributed by atoms with Crippen LogP contribution in [0.1, 0.15) is 25.3 Å². The lowest BCUT2D eigenvalue weighted by molar-refractivity contribution is 0.873. The molecule has 0 bridgehead atoms. The molecule has 0 saturated heterocycles. The van der Waals surface area contributed by atoms with Crippen LogP contribution in [-0.2, 0) is 0 Å². The Kier molecular flexibility index (Phi) is 1.76. The Labute approximate surface area is 78.1 Å². The third-order valence-corrected chi connectivity index (χ3v) is 2.43. The number of rotatable bonds is 1. The average molecular weight is 174 g/mol. The minimum absolute atomic E-state index is 0.555. The van der Waals surface area contributed by atoms with Gasteiger partial charge in [-0.3, -0.25) is 0 Å². The van der Waals surface area contributed by atoms with E-state index in [0.29, 0.717) is 5.92 Å². The molecular formula is C11H14N2. The summed E-state index contributed by atoms with van der Waals surface area (Å²) in [5, 5.41) is 0. The second-order valence-electron chi connectivity index (χ2n) is 3.66. The fourth-order valence-electron chi connectivity index (χ4n) is 1.73. The maximum atomic E-state index is 5.81. The molecule has 0 aromatic rings. The Morgan fingerprint density at radius 2 is 1.92 bits per heavy atom. The van der Waals surface area contributed by atoms with Gasteiger partial charge in [0.05, 0.1) is 0 Å². The van der Waals surface area contributed by atoms with Crippen LogP contribution in [0, 0.1) is 0 Å². The van der Waals surface area contributed by atoms with Crippen molar-refractivity contribution in [3.05, 3.63) is 30.0 Å². The van der Waals surface area contributed by atoms with Crippen LogP contribution in [0.25, 0.3) is 11.1 Å². The molecule has 2 aliphatic rings. The van der Waals surface area contributed by atoms with E-state index >= 15 is 0 Å². The lowest BCUT2D eigenvalue weighted by atomic mass is 10.00. The first kappa shape index (κ1) is 8.17. The van der Waals surface area contributed by atoms with Crippen LogP contribution < -0.4 is 5.73 Å². The monoisotopic (exact) mass is 174 g/mol. The van der Waals surface area contributed by atoms with E-state index in [9.17, 15) is 0 Å². The van der Waals surface area contributed by atoms with E-state index in [-0.39, 0.29) is 0 Å². The smallest absolute Gasteiger partial charge is 0.108 e. The number of anilines is 1. The molecule has 0 spiro atoms. The van der Waals surface area contributed by atoms with E-state index in [4.69, 9.17) is 5.73 Å². The number of pyridine rings is 1. The Morgan fingerprint density at radius 1 is 1.15 bits per heavy atom. The molecule has 0 atom stereocenters. The maximum Gasteiger partial charge on any atom is 0.108 e. The van der Waals surface area contributed by atoms with Gasteiger partial charge in [-0.25, -0.2) is 0 Å². The molecule has 1 aliphatic carbocycles. The van der Waals surface area contributed by atoms with Crippen molar-refractivity contribution >= 4 is 5.82 Å². The zero-order valence-corrected chi connectivity index (χ0v) is 7.96. The fourth-order valence-corrected chi connectivity index (χ4v) is 1.73. The van der Waals surface area contributed by atoms with Gasteiger partial charge < -0.3 is 10.7 Å². The van der Waals surface area contributed by atoms with Crippen molar-refractivity contribution in [2.24, 2.45) is 0 Å². The summed E-state index contributed by atoms with van der Waals surface area (Å²) in [7, 11) is 0. The van der Waals surface area contributed by atoms with Gasteiger partial charge in [0.1, 0.15) is 5.82 Å². The summed E-state index contributed by atoms with van der Waals surface area (Å²) in [4.78, 5) is 3.00.